The molecule has 8 heteroatoms. The SMILES string of the molecule is Cc1ccc(S(=O)(=O)NCC(c2cccc(Cl)c2)N2CCOCC2)cc1F. The van der Waals surface area contributed by atoms with Crippen LogP contribution in [0, 0.1) is 12.7 Å². The Bertz CT molecular complexity index is 902. The minimum atomic E-state index is -3.83. The van der Waals surface area contributed by atoms with Crippen molar-refractivity contribution in [2.45, 2.75) is 17.9 Å². The standard InChI is InChI=1S/C19H22ClFN2O3S/c1-14-5-6-17(12-18(14)21)27(24,25)22-13-19(23-7-9-26-10-8-23)15-3-2-4-16(20)11-15/h2-6,11-12,19,22H,7-10,13H2,1H3. The fraction of sp³-hybridized carbons (Fsp3) is 0.368. The molecule has 1 aliphatic heterocycles. The Morgan fingerprint density at radius 2 is 1.96 bits per heavy atom. The van der Waals surface area contributed by atoms with E-state index >= 15 is 0 Å². The van der Waals surface area contributed by atoms with Crippen molar-refractivity contribution in [1.82, 2.24) is 9.62 Å². The molecule has 0 saturated carbocycles. The molecule has 5 nitrogen and oxygen atoms in total. The van der Waals surface area contributed by atoms with Gasteiger partial charge in [-0.3, -0.25) is 4.90 Å². The second kappa shape index (κ2) is 8.67. The first-order valence-corrected chi connectivity index (χ1v) is 10.6. The van der Waals surface area contributed by atoms with Crippen molar-refractivity contribution in [3.05, 3.63) is 64.4 Å². The summed E-state index contributed by atoms with van der Waals surface area (Å²) in [5.41, 5.74) is 1.32. The van der Waals surface area contributed by atoms with E-state index in [1.807, 2.05) is 18.2 Å². The number of hydrogen-bond acceptors (Lipinski definition) is 4. The van der Waals surface area contributed by atoms with E-state index in [2.05, 4.69) is 9.62 Å². The molecule has 0 amide bonds. The summed E-state index contributed by atoms with van der Waals surface area (Å²) in [4.78, 5) is 2.07. The maximum Gasteiger partial charge on any atom is 0.240 e. The molecule has 1 aliphatic rings. The summed E-state index contributed by atoms with van der Waals surface area (Å²) in [5.74, 6) is -0.544. The molecule has 0 aromatic heterocycles. The second-order valence-corrected chi connectivity index (χ2v) is 8.69. The van der Waals surface area contributed by atoms with Crippen LogP contribution in [0.15, 0.2) is 47.4 Å². The Morgan fingerprint density at radius 1 is 1.22 bits per heavy atom. The van der Waals surface area contributed by atoms with Crippen LogP contribution in [0.25, 0.3) is 0 Å². The van der Waals surface area contributed by atoms with Gasteiger partial charge in [-0.05, 0) is 42.3 Å². The highest BCUT2D eigenvalue weighted by Crippen LogP contribution is 2.25. The maximum atomic E-state index is 13.8. The number of nitrogens with zero attached hydrogens (tertiary/aromatic N) is 1. The molecule has 1 saturated heterocycles. The van der Waals surface area contributed by atoms with Gasteiger partial charge in [-0.15, -0.1) is 0 Å². The van der Waals surface area contributed by atoms with Crippen LogP contribution in [0.3, 0.4) is 0 Å². The predicted molar refractivity (Wildman–Crippen MR) is 103 cm³/mol. The van der Waals surface area contributed by atoms with E-state index in [0.29, 0.717) is 36.9 Å². The summed E-state index contributed by atoms with van der Waals surface area (Å²) in [5, 5.41) is 0.592. The number of rotatable bonds is 6. The highest BCUT2D eigenvalue weighted by molar-refractivity contribution is 7.89. The van der Waals surface area contributed by atoms with Crippen molar-refractivity contribution < 1.29 is 17.5 Å². The molecule has 27 heavy (non-hydrogen) atoms. The van der Waals surface area contributed by atoms with Crippen LogP contribution in [0.4, 0.5) is 4.39 Å². The second-order valence-electron chi connectivity index (χ2n) is 6.48. The quantitative estimate of drug-likeness (QED) is 0.791. The molecule has 1 heterocycles. The zero-order valence-corrected chi connectivity index (χ0v) is 16.6. The van der Waals surface area contributed by atoms with Crippen LogP contribution >= 0.6 is 11.6 Å². The maximum absolute atomic E-state index is 13.8. The third-order valence-corrected chi connectivity index (χ3v) is 6.30. The van der Waals surface area contributed by atoms with E-state index in [9.17, 15) is 12.8 Å². The van der Waals surface area contributed by atoms with Crippen LogP contribution < -0.4 is 4.72 Å². The molecular formula is C19H22ClFN2O3S. The van der Waals surface area contributed by atoms with E-state index in [1.54, 1.807) is 13.0 Å². The van der Waals surface area contributed by atoms with Crippen molar-refractivity contribution >= 4 is 21.6 Å². The van der Waals surface area contributed by atoms with Gasteiger partial charge < -0.3 is 4.74 Å². The highest BCUT2D eigenvalue weighted by Gasteiger charge is 2.25. The van der Waals surface area contributed by atoms with Crippen molar-refractivity contribution in [2.75, 3.05) is 32.8 Å². The first-order valence-electron chi connectivity index (χ1n) is 8.70. The monoisotopic (exact) mass is 412 g/mol. The minimum absolute atomic E-state index is 0.0857. The van der Waals surface area contributed by atoms with Crippen LogP contribution in [0.1, 0.15) is 17.2 Å². The first kappa shape index (κ1) is 20.2. The predicted octanol–water partition coefficient (Wildman–Crippen LogP) is 3.14. The molecule has 1 N–H and O–H groups in total. The van der Waals surface area contributed by atoms with Gasteiger partial charge >= 0.3 is 0 Å². The number of halogens is 2. The van der Waals surface area contributed by atoms with Crippen molar-refractivity contribution in [3.63, 3.8) is 0 Å². The van der Waals surface area contributed by atoms with E-state index in [4.69, 9.17) is 16.3 Å². The molecule has 0 aliphatic carbocycles. The third kappa shape index (κ3) is 5.06. The largest absolute Gasteiger partial charge is 0.379 e. The summed E-state index contributed by atoms with van der Waals surface area (Å²) >= 11 is 6.12. The molecule has 0 bridgehead atoms. The summed E-state index contributed by atoms with van der Waals surface area (Å²) in [6.07, 6.45) is 0. The van der Waals surface area contributed by atoms with Gasteiger partial charge in [0.1, 0.15) is 5.82 Å². The Hall–Kier alpha value is -1.51. The molecule has 0 spiro atoms. The molecule has 3 rings (SSSR count). The lowest BCUT2D eigenvalue weighted by Crippen LogP contribution is -2.43. The first-order chi connectivity index (χ1) is 12.9. The van der Waals surface area contributed by atoms with Crippen molar-refractivity contribution in [1.29, 1.82) is 0 Å². The minimum Gasteiger partial charge on any atom is -0.379 e. The van der Waals surface area contributed by atoms with Crippen LogP contribution in [-0.2, 0) is 14.8 Å². The number of aryl methyl sites for hydroxylation is 1. The van der Waals surface area contributed by atoms with Crippen LogP contribution in [-0.4, -0.2) is 46.2 Å². The molecule has 1 atom stereocenters. The topological polar surface area (TPSA) is 58.6 Å². The average Bonchev–Trinajstić information content (AvgIpc) is 2.65. The third-order valence-electron chi connectivity index (χ3n) is 4.64. The van der Waals surface area contributed by atoms with Crippen LogP contribution in [0.2, 0.25) is 5.02 Å². The van der Waals surface area contributed by atoms with Gasteiger partial charge in [-0.25, -0.2) is 17.5 Å². The number of ether oxygens (including phenoxy) is 1. The molecule has 1 unspecified atom stereocenters. The fourth-order valence-corrected chi connectivity index (χ4v) is 4.32. The Morgan fingerprint density at radius 3 is 2.63 bits per heavy atom. The lowest BCUT2D eigenvalue weighted by Gasteiger charge is -2.35. The molecule has 1 fully saturated rings. The molecule has 2 aromatic rings. The van der Waals surface area contributed by atoms with Gasteiger partial charge in [0.05, 0.1) is 18.1 Å². The lowest BCUT2D eigenvalue weighted by atomic mass is 10.1. The Labute approximate surface area is 164 Å². The number of benzene rings is 2. The van der Waals surface area contributed by atoms with Gasteiger partial charge in [0.15, 0.2) is 0 Å². The van der Waals surface area contributed by atoms with Crippen molar-refractivity contribution in [3.8, 4) is 0 Å². The smallest absolute Gasteiger partial charge is 0.240 e. The molecule has 0 radical (unpaired) electrons. The Balaban J connectivity index is 1.82. The van der Waals surface area contributed by atoms with E-state index in [0.717, 1.165) is 11.6 Å². The summed E-state index contributed by atoms with van der Waals surface area (Å²) in [6.45, 7) is 4.31. The number of nitrogens with one attached hydrogen (secondary N) is 1. The molecule has 146 valence electrons. The summed E-state index contributed by atoms with van der Waals surface area (Å²) < 4.78 is 47.1. The normalized spacial score (nSPS) is 17.0. The fourth-order valence-electron chi connectivity index (χ4n) is 3.07. The summed E-state index contributed by atoms with van der Waals surface area (Å²) in [6, 6.07) is 11.1. The van der Waals surface area contributed by atoms with Gasteiger partial charge in [0.2, 0.25) is 10.0 Å². The van der Waals surface area contributed by atoms with E-state index < -0.39 is 15.8 Å². The highest BCUT2D eigenvalue weighted by atomic mass is 35.5. The van der Waals surface area contributed by atoms with Crippen LogP contribution in [0.5, 0.6) is 0 Å². The zero-order chi connectivity index (χ0) is 19.4. The van der Waals surface area contributed by atoms with Gasteiger partial charge in [-0.2, -0.15) is 0 Å². The van der Waals surface area contributed by atoms with Gasteiger partial charge in [-0.1, -0.05) is 29.8 Å². The number of sulfonamides is 1. The number of hydrogen-bond donors (Lipinski definition) is 1. The van der Waals surface area contributed by atoms with Crippen molar-refractivity contribution in [2.24, 2.45) is 0 Å². The molecule has 2 aromatic carbocycles. The summed E-state index contributed by atoms with van der Waals surface area (Å²) in [7, 11) is -3.83. The van der Waals surface area contributed by atoms with Gasteiger partial charge in [0, 0.05) is 30.7 Å². The molecular weight excluding hydrogens is 391 g/mol. The van der Waals surface area contributed by atoms with Gasteiger partial charge in [0.25, 0.3) is 0 Å². The Kier molecular flexibility index (Phi) is 6.49. The average molecular weight is 413 g/mol. The lowest BCUT2D eigenvalue weighted by molar-refractivity contribution is 0.0172. The van der Waals surface area contributed by atoms with E-state index in [1.165, 1.54) is 12.1 Å². The van der Waals surface area contributed by atoms with E-state index in [-0.39, 0.29) is 17.5 Å². The zero-order valence-electron chi connectivity index (χ0n) is 15.0. The number of morpholine rings is 1.